The molecule has 6 heteroatoms. The molecular formula is C23H18N4O2. The zero-order chi connectivity index (χ0) is 19.8. The van der Waals surface area contributed by atoms with Gasteiger partial charge in [-0.2, -0.15) is 4.99 Å². The number of amidine groups is 1. The van der Waals surface area contributed by atoms with Gasteiger partial charge < -0.3 is 0 Å². The van der Waals surface area contributed by atoms with Crippen molar-refractivity contribution in [2.45, 2.75) is 25.7 Å². The van der Waals surface area contributed by atoms with E-state index in [1.807, 2.05) is 5.32 Å². The van der Waals surface area contributed by atoms with E-state index in [-0.39, 0.29) is 11.5 Å². The molecule has 2 aromatic rings. The predicted molar refractivity (Wildman–Crippen MR) is 114 cm³/mol. The summed E-state index contributed by atoms with van der Waals surface area (Å²) in [4.78, 5) is 32.0. The Kier molecular flexibility index (Phi) is 4.24. The van der Waals surface area contributed by atoms with E-state index < -0.39 is 11.9 Å². The van der Waals surface area contributed by atoms with Crippen LogP contribution >= 0.6 is 0 Å². The lowest BCUT2D eigenvalue weighted by molar-refractivity contribution is -0.113. The molecule has 6 nitrogen and oxygen atoms in total. The van der Waals surface area contributed by atoms with E-state index >= 15 is 0 Å². The number of amides is 3. The number of benzene rings is 2. The smallest absolute Gasteiger partial charge is 0.271 e. The van der Waals surface area contributed by atoms with Crippen molar-refractivity contribution in [3.8, 4) is 11.1 Å². The number of aryl methyl sites for hydroxylation is 1. The molecule has 3 amide bonds. The van der Waals surface area contributed by atoms with Crippen LogP contribution in [0, 0.1) is 0 Å². The van der Waals surface area contributed by atoms with Gasteiger partial charge in [0.25, 0.3) is 5.91 Å². The van der Waals surface area contributed by atoms with Crippen molar-refractivity contribution in [2.24, 2.45) is 15.0 Å². The standard InChI is InChI=1S/C18H16.C5H2N4O2/c1-3-7-15-13(5-1)9-11-18-16-8-4-2-6-14(16)10-12-17(15)18;10-4-2-3(7-1-6-2)8-5(11)9-4/h1,3,5,7-8,10-12H,2,4,6,9H2;1H,(H,9,10,11). The summed E-state index contributed by atoms with van der Waals surface area (Å²) in [6.07, 6.45) is 10.9. The van der Waals surface area contributed by atoms with Crippen molar-refractivity contribution >= 4 is 42.0 Å². The molecule has 2 aromatic carbocycles. The Bertz CT molecular complexity index is 1270. The maximum atomic E-state index is 10.9. The number of aliphatic imine (C=N–C) groups is 3. The van der Waals surface area contributed by atoms with Crippen LogP contribution in [0.3, 0.4) is 0 Å². The third-order valence-electron chi connectivity index (χ3n) is 5.43. The molecule has 0 bridgehead atoms. The minimum absolute atomic E-state index is 0.0961. The van der Waals surface area contributed by atoms with E-state index in [1.54, 1.807) is 0 Å². The number of imide groups is 1. The van der Waals surface area contributed by atoms with Gasteiger partial charge in [-0.05, 0) is 58.4 Å². The van der Waals surface area contributed by atoms with Crippen LogP contribution in [0.5, 0.6) is 0 Å². The van der Waals surface area contributed by atoms with Crippen LogP contribution in [0.4, 0.5) is 4.79 Å². The molecule has 2 heterocycles. The highest BCUT2D eigenvalue weighted by atomic mass is 16.2. The molecule has 0 saturated heterocycles. The fourth-order valence-corrected chi connectivity index (χ4v) is 4.09. The van der Waals surface area contributed by atoms with Crippen LogP contribution in [0.2, 0.25) is 0 Å². The van der Waals surface area contributed by atoms with Crippen LogP contribution in [-0.2, 0) is 17.6 Å². The van der Waals surface area contributed by atoms with Crippen LogP contribution in [0.15, 0.2) is 51.4 Å². The van der Waals surface area contributed by atoms with Gasteiger partial charge in [-0.3, -0.25) is 10.1 Å². The molecule has 0 aromatic heterocycles. The molecule has 0 radical (unpaired) electrons. The van der Waals surface area contributed by atoms with Crippen molar-refractivity contribution in [3.05, 3.63) is 58.0 Å². The molecule has 2 aliphatic heterocycles. The number of nitrogens with zero attached hydrogens (tertiary/aromatic N) is 3. The Morgan fingerprint density at radius 2 is 1.79 bits per heavy atom. The average Bonchev–Trinajstić information content (AvgIpc) is 3.23. The van der Waals surface area contributed by atoms with Gasteiger partial charge in [0.1, 0.15) is 6.34 Å². The van der Waals surface area contributed by atoms with Gasteiger partial charge in [0.2, 0.25) is 0 Å². The largest absolute Gasteiger partial charge is 0.350 e. The monoisotopic (exact) mass is 382 g/mol. The van der Waals surface area contributed by atoms with E-state index in [4.69, 9.17) is 0 Å². The highest BCUT2D eigenvalue weighted by Crippen LogP contribution is 2.24. The second-order valence-electron chi connectivity index (χ2n) is 7.18. The summed E-state index contributed by atoms with van der Waals surface area (Å²) >= 11 is 0. The van der Waals surface area contributed by atoms with Crippen molar-refractivity contribution in [1.29, 1.82) is 0 Å². The van der Waals surface area contributed by atoms with Crippen LogP contribution in [0.1, 0.15) is 24.0 Å². The summed E-state index contributed by atoms with van der Waals surface area (Å²) in [5.74, 6) is -0.448. The Labute approximate surface area is 167 Å². The molecule has 29 heavy (non-hydrogen) atoms. The molecule has 4 aliphatic rings. The third kappa shape index (κ3) is 3.12. The fraction of sp³-hybridized carbons (Fsp3) is 0.174. The van der Waals surface area contributed by atoms with Gasteiger partial charge in [-0.1, -0.05) is 48.6 Å². The van der Waals surface area contributed by atoms with Crippen LogP contribution in [0.25, 0.3) is 23.3 Å². The van der Waals surface area contributed by atoms with Crippen LogP contribution in [-0.4, -0.2) is 29.8 Å². The minimum Gasteiger partial charge on any atom is -0.271 e. The first-order chi connectivity index (χ1) is 14.2. The quantitative estimate of drug-likeness (QED) is 0.755. The molecule has 0 spiro atoms. The maximum Gasteiger partial charge on any atom is 0.350 e. The molecule has 6 rings (SSSR count). The fourth-order valence-electron chi connectivity index (χ4n) is 4.09. The first kappa shape index (κ1) is 17.4. The van der Waals surface area contributed by atoms with E-state index in [0.29, 0.717) is 0 Å². The van der Waals surface area contributed by atoms with E-state index in [2.05, 4.69) is 63.5 Å². The third-order valence-corrected chi connectivity index (χ3v) is 5.43. The summed E-state index contributed by atoms with van der Waals surface area (Å²) in [5.41, 5.74) is 5.95. The zero-order valence-corrected chi connectivity index (χ0v) is 15.7. The Hall–Kier alpha value is -3.67. The highest BCUT2D eigenvalue weighted by molar-refractivity contribution is 6.71. The van der Waals surface area contributed by atoms with Crippen molar-refractivity contribution in [2.75, 3.05) is 0 Å². The van der Waals surface area contributed by atoms with Gasteiger partial charge in [-0.25, -0.2) is 14.8 Å². The summed E-state index contributed by atoms with van der Waals surface area (Å²) in [5, 5.41) is 4.96. The molecule has 0 fully saturated rings. The molecule has 142 valence electrons. The van der Waals surface area contributed by atoms with Crippen molar-refractivity contribution in [3.63, 3.8) is 0 Å². The Morgan fingerprint density at radius 1 is 0.897 bits per heavy atom. The number of fused-ring (bicyclic) bond motifs is 6. The lowest BCUT2D eigenvalue weighted by Crippen LogP contribution is -2.41. The topological polar surface area (TPSA) is 83.2 Å². The van der Waals surface area contributed by atoms with Gasteiger partial charge >= 0.3 is 6.03 Å². The normalized spacial score (nSPS) is 17.7. The highest BCUT2D eigenvalue weighted by Gasteiger charge is 2.27. The lowest BCUT2D eigenvalue weighted by Gasteiger charge is -2.17. The molecule has 0 unspecified atom stereocenters. The predicted octanol–water partition coefficient (Wildman–Crippen LogP) is 1.92. The van der Waals surface area contributed by atoms with Gasteiger partial charge in [0.05, 0.1) is 0 Å². The zero-order valence-electron chi connectivity index (χ0n) is 15.7. The first-order valence-electron chi connectivity index (χ1n) is 9.66. The first-order valence-corrected chi connectivity index (χ1v) is 9.66. The van der Waals surface area contributed by atoms with Gasteiger partial charge in [0.15, 0.2) is 11.5 Å². The second kappa shape index (κ2) is 7.05. The Balaban J connectivity index is 0.000000142. The number of hydrogen-bond acceptors (Lipinski definition) is 4. The van der Waals surface area contributed by atoms with Crippen molar-refractivity contribution < 1.29 is 9.59 Å². The van der Waals surface area contributed by atoms with Gasteiger partial charge in [-0.15, -0.1) is 0 Å². The Morgan fingerprint density at radius 3 is 2.72 bits per heavy atom. The number of nitrogens with one attached hydrogen (secondary N) is 1. The van der Waals surface area contributed by atoms with Crippen molar-refractivity contribution in [1.82, 2.24) is 5.32 Å². The van der Waals surface area contributed by atoms with E-state index in [9.17, 15) is 9.59 Å². The van der Waals surface area contributed by atoms with Crippen LogP contribution < -0.4 is 15.8 Å². The SMILES string of the molecule is C1=c2c(ccc3c2=CCc2ccccc2-3)CCC1.O=C1N=C2N=CN=C2C(=O)N1. The summed E-state index contributed by atoms with van der Waals surface area (Å²) in [7, 11) is 0. The maximum absolute atomic E-state index is 10.9. The number of hydrogen-bond donors (Lipinski definition) is 1. The average molecular weight is 382 g/mol. The lowest BCUT2D eigenvalue weighted by atomic mass is 9.87. The summed E-state index contributed by atoms with van der Waals surface area (Å²) < 4.78 is 0. The summed E-state index contributed by atoms with van der Waals surface area (Å²) in [6.45, 7) is 0. The number of carbonyl (C=O) groups is 2. The summed E-state index contributed by atoms with van der Waals surface area (Å²) in [6, 6.07) is 12.8. The minimum atomic E-state index is -0.692. The van der Waals surface area contributed by atoms with Gasteiger partial charge in [0, 0.05) is 0 Å². The van der Waals surface area contributed by atoms with E-state index in [1.165, 1.54) is 58.3 Å². The van der Waals surface area contributed by atoms with E-state index in [0.717, 1.165) is 6.42 Å². The number of urea groups is 1. The second-order valence-corrected chi connectivity index (χ2v) is 7.18. The molecule has 0 saturated carbocycles. The number of rotatable bonds is 0. The number of carbonyl (C=O) groups excluding carboxylic acids is 2. The molecule has 2 aliphatic carbocycles. The molecule has 0 atom stereocenters. The molecular weight excluding hydrogens is 364 g/mol. The molecule has 1 N–H and O–H groups in total.